The van der Waals surface area contributed by atoms with Crippen molar-refractivity contribution in [1.82, 2.24) is 0 Å². The van der Waals surface area contributed by atoms with Gasteiger partial charge in [0, 0.05) is 18.5 Å². The molecular weight excluding hydrogens is 217 g/mol. The number of rotatable bonds is 6. The van der Waals surface area contributed by atoms with Crippen LogP contribution in [0.4, 0.5) is 10.1 Å². The van der Waals surface area contributed by atoms with Gasteiger partial charge in [-0.15, -0.1) is 0 Å². The van der Waals surface area contributed by atoms with Crippen LogP contribution in [-0.4, -0.2) is 19.4 Å². The zero-order chi connectivity index (χ0) is 12.9. The molecule has 1 atom stereocenters. The number of carbonyl (C=O) groups is 1. The van der Waals surface area contributed by atoms with Crippen molar-refractivity contribution in [3.05, 3.63) is 30.1 Å². The van der Waals surface area contributed by atoms with Gasteiger partial charge in [-0.25, -0.2) is 4.39 Å². The number of carbonyl (C=O) groups excluding carboxylic acids is 1. The van der Waals surface area contributed by atoms with E-state index in [4.69, 9.17) is 0 Å². The van der Waals surface area contributed by atoms with Crippen LogP contribution < -0.4 is 4.90 Å². The third-order valence-corrected chi connectivity index (χ3v) is 3.22. The summed E-state index contributed by atoms with van der Waals surface area (Å²) in [6.07, 6.45) is 1.72. The summed E-state index contributed by atoms with van der Waals surface area (Å²) >= 11 is 0. The summed E-state index contributed by atoms with van der Waals surface area (Å²) < 4.78 is 13.7. The maximum absolute atomic E-state index is 13.7. The minimum atomic E-state index is -0.418. The molecule has 0 saturated heterocycles. The van der Waals surface area contributed by atoms with Crippen molar-refractivity contribution in [2.24, 2.45) is 5.41 Å². The topological polar surface area (TPSA) is 20.3 Å². The van der Waals surface area contributed by atoms with Gasteiger partial charge in [-0.05, 0) is 25.5 Å². The summed E-state index contributed by atoms with van der Waals surface area (Å²) in [4.78, 5) is 13.0. The van der Waals surface area contributed by atoms with Crippen LogP contribution in [0.15, 0.2) is 24.3 Å². The maximum Gasteiger partial charge on any atom is 0.146 e. The fraction of sp³-hybridized carbons (Fsp3) is 0.500. The van der Waals surface area contributed by atoms with Crippen molar-refractivity contribution in [1.29, 1.82) is 0 Å². The molecule has 0 N–H and O–H groups in total. The molecule has 0 heterocycles. The van der Waals surface area contributed by atoms with Crippen molar-refractivity contribution < 1.29 is 9.18 Å². The van der Waals surface area contributed by atoms with E-state index in [1.54, 1.807) is 12.1 Å². The van der Waals surface area contributed by atoms with Gasteiger partial charge in [0.2, 0.25) is 0 Å². The fourth-order valence-corrected chi connectivity index (χ4v) is 1.74. The molecular formula is C14H20FNO. The quantitative estimate of drug-likeness (QED) is 0.708. The number of benzene rings is 1. The first-order chi connectivity index (χ1) is 8.06. The second kappa shape index (κ2) is 5.80. The van der Waals surface area contributed by atoms with Crippen LogP contribution in [-0.2, 0) is 4.79 Å². The third kappa shape index (κ3) is 3.29. The summed E-state index contributed by atoms with van der Waals surface area (Å²) in [5, 5.41) is 0. The summed E-state index contributed by atoms with van der Waals surface area (Å²) in [6, 6.07) is 6.68. The second-order valence-electron chi connectivity index (χ2n) is 4.59. The predicted octanol–water partition coefficient (Wildman–Crippen LogP) is 3.27. The Morgan fingerprint density at radius 1 is 1.35 bits per heavy atom. The molecule has 94 valence electrons. The second-order valence-corrected chi connectivity index (χ2v) is 4.59. The standard InChI is InChI=1S/C14H20FNO/c1-4-14(3,11-17)10-16(5-2)13-9-7-6-8-12(13)15/h6-9,11H,4-5,10H2,1-3H3. The van der Waals surface area contributed by atoms with Gasteiger partial charge in [-0.3, -0.25) is 0 Å². The molecule has 1 aromatic rings. The van der Waals surface area contributed by atoms with E-state index in [9.17, 15) is 9.18 Å². The Morgan fingerprint density at radius 2 is 2.00 bits per heavy atom. The molecule has 0 aliphatic rings. The molecule has 2 nitrogen and oxygen atoms in total. The molecule has 0 fully saturated rings. The predicted molar refractivity (Wildman–Crippen MR) is 68.7 cm³/mol. The van der Waals surface area contributed by atoms with Crippen LogP contribution in [0.2, 0.25) is 0 Å². The van der Waals surface area contributed by atoms with Gasteiger partial charge in [-0.2, -0.15) is 0 Å². The van der Waals surface area contributed by atoms with Gasteiger partial charge in [0.15, 0.2) is 0 Å². The van der Waals surface area contributed by atoms with E-state index in [2.05, 4.69) is 0 Å². The Hall–Kier alpha value is -1.38. The first kappa shape index (κ1) is 13.7. The Balaban J connectivity index is 2.93. The van der Waals surface area contributed by atoms with Crippen LogP contribution in [0.5, 0.6) is 0 Å². The van der Waals surface area contributed by atoms with Gasteiger partial charge in [0.1, 0.15) is 12.1 Å². The molecule has 1 rings (SSSR count). The average molecular weight is 237 g/mol. The summed E-state index contributed by atoms with van der Waals surface area (Å²) in [6.45, 7) is 7.08. The number of hydrogen-bond donors (Lipinski definition) is 0. The van der Waals surface area contributed by atoms with E-state index in [1.807, 2.05) is 31.7 Å². The molecule has 0 aliphatic carbocycles. The number of halogens is 1. The SMILES string of the molecule is CCN(CC(C)(C=O)CC)c1ccccc1F. The molecule has 0 spiro atoms. The molecule has 1 aromatic carbocycles. The fourth-order valence-electron chi connectivity index (χ4n) is 1.74. The number of anilines is 1. The maximum atomic E-state index is 13.7. The van der Waals surface area contributed by atoms with Crippen molar-refractivity contribution in [2.75, 3.05) is 18.0 Å². The lowest BCUT2D eigenvalue weighted by Gasteiger charge is -2.31. The molecule has 0 aliphatic heterocycles. The van der Waals surface area contributed by atoms with E-state index in [0.717, 1.165) is 12.7 Å². The van der Waals surface area contributed by atoms with E-state index in [-0.39, 0.29) is 5.82 Å². The highest BCUT2D eigenvalue weighted by Crippen LogP contribution is 2.25. The molecule has 1 unspecified atom stereocenters. The molecule has 0 radical (unpaired) electrons. The first-order valence-corrected chi connectivity index (χ1v) is 6.02. The number of nitrogens with zero attached hydrogens (tertiary/aromatic N) is 1. The van der Waals surface area contributed by atoms with Crippen LogP contribution in [0.3, 0.4) is 0 Å². The first-order valence-electron chi connectivity index (χ1n) is 6.02. The Bertz CT molecular complexity index is 380. The summed E-state index contributed by atoms with van der Waals surface area (Å²) in [7, 11) is 0. The lowest BCUT2D eigenvalue weighted by atomic mass is 9.88. The van der Waals surface area contributed by atoms with Crippen molar-refractivity contribution in [2.45, 2.75) is 27.2 Å². The van der Waals surface area contributed by atoms with E-state index in [0.29, 0.717) is 18.8 Å². The van der Waals surface area contributed by atoms with Gasteiger partial charge in [-0.1, -0.05) is 26.0 Å². The highest BCUT2D eigenvalue weighted by molar-refractivity contribution is 5.61. The molecule has 3 heteroatoms. The zero-order valence-electron chi connectivity index (χ0n) is 10.7. The molecule has 0 saturated carbocycles. The molecule has 17 heavy (non-hydrogen) atoms. The number of aldehydes is 1. The Morgan fingerprint density at radius 3 is 2.47 bits per heavy atom. The van der Waals surface area contributed by atoms with E-state index >= 15 is 0 Å². The van der Waals surface area contributed by atoms with Crippen molar-refractivity contribution in [3.8, 4) is 0 Å². The number of hydrogen-bond acceptors (Lipinski definition) is 2. The van der Waals surface area contributed by atoms with Crippen molar-refractivity contribution >= 4 is 12.0 Å². The largest absolute Gasteiger partial charge is 0.368 e. The summed E-state index contributed by atoms with van der Waals surface area (Å²) in [5.74, 6) is -0.237. The minimum absolute atomic E-state index is 0.237. The monoisotopic (exact) mass is 237 g/mol. The third-order valence-electron chi connectivity index (χ3n) is 3.22. The average Bonchev–Trinajstić information content (AvgIpc) is 2.37. The molecule has 0 bridgehead atoms. The van der Waals surface area contributed by atoms with Gasteiger partial charge < -0.3 is 9.69 Å². The normalized spacial score (nSPS) is 14.1. The summed E-state index contributed by atoms with van der Waals surface area (Å²) in [5.41, 5.74) is 0.148. The van der Waals surface area contributed by atoms with Crippen LogP contribution in [0.25, 0.3) is 0 Å². The van der Waals surface area contributed by atoms with Gasteiger partial charge in [0.05, 0.1) is 5.69 Å². The van der Waals surface area contributed by atoms with E-state index < -0.39 is 5.41 Å². The Labute approximate surface area is 102 Å². The highest BCUT2D eigenvalue weighted by atomic mass is 19.1. The highest BCUT2D eigenvalue weighted by Gasteiger charge is 2.25. The van der Waals surface area contributed by atoms with Gasteiger partial charge >= 0.3 is 0 Å². The van der Waals surface area contributed by atoms with Crippen LogP contribution in [0, 0.1) is 11.2 Å². The van der Waals surface area contributed by atoms with E-state index in [1.165, 1.54) is 6.07 Å². The van der Waals surface area contributed by atoms with Crippen molar-refractivity contribution in [3.63, 3.8) is 0 Å². The minimum Gasteiger partial charge on any atom is -0.368 e. The van der Waals surface area contributed by atoms with Crippen LogP contribution in [0.1, 0.15) is 27.2 Å². The lowest BCUT2D eigenvalue weighted by molar-refractivity contribution is -0.115. The molecule has 0 aromatic heterocycles. The van der Waals surface area contributed by atoms with Crippen LogP contribution >= 0.6 is 0 Å². The number of para-hydroxylation sites is 1. The smallest absolute Gasteiger partial charge is 0.146 e. The molecule has 0 amide bonds. The Kier molecular flexibility index (Phi) is 4.67. The zero-order valence-corrected chi connectivity index (χ0v) is 10.7. The lowest BCUT2D eigenvalue weighted by Crippen LogP contribution is -2.37. The van der Waals surface area contributed by atoms with Gasteiger partial charge in [0.25, 0.3) is 0 Å².